The van der Waals surface area contributed by atoms with Gasteiger partial charge in [-0.3, -0.25) is 4.79 Å². The number of halogens is 2. The quantitative estimate of drug-likeness (QED) is 0.159. The normalized spacial score (nSPS) is 11.4. The fraction of sp³-hybridized carbons (Fsp3) is 0.115. The molecule has 0 spiro atoms. The van der Waals surface area contributed by atoms with Crippen LogP contribution >= 0.6 is 34.3 Å². The number of amides is 1. The van der Waals surface area contributed by atoms with Crippen molar-refractivity contribution >= 4 is 71.8 Å². The number of hydrogen-bond donors (Lipinski definition) is 0. The molecule has 0 aliphatic carbocycles. The van der Waals surface area contributed by atoms with Gasteiger partial charge in [-0.15, -0.1) is 11.3 Å². The summed E-state index contributed by atoms with van der Waals surface area (Å²) in [6, 6.07) is 15.1. The van der Waals surface area contributed by atoms with E-state index >= 15 is 0 Å². The van der Waals surface area contributed by atoms with E-state index in [-0.39, 0.29) is 5.13 Å². The van der Waals surface area contributed by atoms with Crippen molar-refractivity contribution in [3.05, 3.63) is 75.9 Å². The number of rotatable bonds is 7. The Balaban J connectivity index is 1.62. The van der Waals surface area contributed by atoms with Gasteiger partial charge in [0.15, 0.2) is 11.5 Å². The smallest absolute Gasteiger partial charge is 0.292 e. The molecule has 0 atom stereocenters. The molecular formula is C26H19ClFN3O4S2. The van der Waals surface area contributed by atoms with Gasteiger partial charge in [0.25, 0.3) is 5.91 Å². The third-order valence-corrected chi connectivity index (χ3v) is 8.11. The fourth-order valence-corrected chi connectivity index (χ4v) is 6.10. The Morgan fingerprint density at radius 1 is 1.00 bits per heavy atom. The van der Waals surface area contributed by atoms with E-state index in [2.05, 4.69) is 10.1 Å². The molecule has 0 saturated carbocycles. The largest absolute Gasteiger partial charge is 0.493 e. The summed E-state index contributed by atoms with van der Waals surface area (Å²) in [5.74, 6) is 0.442. The maximum Gasteiger partial charge on any atom is 0.292 e. The Morgan fingerprint density at radius 3 is 2.41 bits per heavy atom. The van der Waals surface area contributed by atoms with E-state index < -0.39 is 11.7 Å². The highest BCUT2D eigenvalue weighted by atomic mass is 35.5. The molecule has 5 aromatic rings. The van der Waals surface area contributed by atoms with Crippen LogP contribution < -0.4 is 19.2 Å². The molecule has 3 aromatic carbocycles. The van der Waals surface area contributed by atoms with Crippen molar-refractivity contribution in [2.24, 2.45) is 5.10 Å². The number of hydrogen-bond acceptors (Lipinski definition) is 8. The van der Waals surface area contributed by atoms with Crippen LogP contribution in [-0.2, 0) is 0 Å². The summed E-state index contributed by atoms with van der Waals surface area (Å²) in [6.45, 7) is 0. The van der Waals surface area contributed by atoms with Crippen LogP contribution in [0.25, 0.3) is 20.3 Å². The minimum absolute atomic E-state index is 0.266. The van der Waals surface area contributed by atoms with Crippen LogP contribution in [0.4, 0.5) is 9.52 Å². The number of anilines is 1. The molecule has 0 N–H and O–H groups in total. The van der Waals surface area contributed by atoms with E-state index in [9.17, 15) is 9.18 Å². The predicted molar refractivity (Wildman–Crippen MR) is 147 cm³/mol. The Labute approximate surface area is 224 Å². The van der Waals surface area contributed by atoms with Gasteiger partial charge in [0.1, 0.15) is 10.7 Å². The van der Waals surface area contributed by atoms with Crippen LogP contribution in [-0.4, -0.2) is 38.4 Å². The van der Waals surface area contributed by atoms with Crippen LogP contribution in [0.15, 0.2) is 59.7 Å². The molecular weight excluding hydrogens is 537 g/mol. The molecule has 2 heterocycles. The number of aromatic nitrogens is 1. The third kappa shape index (κ3) is 4.71. The van der Waals surface area contributed by atoms with Crippen molar-refractivity contribution in [1.29, 1.82) is 0 Å². The second kappa shape index (κ2) is 10.3. The number of carbonyl (C=O) groups excluding carboxylic acids is 1. The maximum atomic E-state index is 13.8. The lowest BCUT2D eigenvalue weighted by molar-refractivity contribution is 0.0992. The summed E-state index contributed by atoms with van der Waals surface area (Å²) in [7, 11) is 4.54. The first-order valence-electron chi connectivity index (χ1n) is 10.8. The highest BCUT2D eigenvalue weighted by molar-refractivity contribution is 7.23. The van der Waals surface area contributed by atoms with Crippen LogP contribution in [0.2, 0.25) is 5.02 Å². The van der Waals surface area contributed by atoms with Gasteiger partial charge in [-0.1, -0.05) is 41.1 Å². The molecule has 0 fully saturated rings. The number of hydrazone groups is 1. The van der Waals surface area contributed by atoms with Crippen molar-refractivity contribution in [1.82, 2.24) is 4.98 Å². The van der Waals surface area contributed by atoms with Gasteiger partial charge in [-0.05, 0) is 36.4 Å². The number of carbonyl (C=O) groups is 1. The predicted octanol–water partition coefficient (Wildman–Crippen LogP) is 7.01. The van der Waals surface area contributed by atoms with Crippen molar-refractivity contribution in [2.45, 2.75) is 0 Å². The van der Waals surface area contributed by atoms with Crippen molar-refractivity contribution < 1.29 is 23.4 Å². The Morgan fingerprint density at radius 2 is 1.73 bits per heavy atom. The highest BCUT2D eigenvalue weighted by Crippen LogP contribution is 2.39. The molecule has 0 saturated heterocycles. The SMILES string of the molecule is COc1cc(/C=N/N(C(=O)c2sc3ccccc3c2Cl)c2nc3ccc(F)cc3s2)cc(OC)c1OC. The maximum absolute atomic E-state index is 13.8. The molecule has 5 rings (SSSR count). The van der Waals surface area contributed by atoms with E-state index in [4.69, 9.17) is 25.8 Å². The minimum atomic E-state index is -0.464. The Bertz CT molecular complexity index is 1640. The molecule has 2 aromatic heterocycles. The number of benzene rings is 3. The van der Waals surface area contributed by atoms with E-state index in [0.29, 0.717) is 42.9 Å². The second-order valence-electron chi connectivity index (χ2n) is 7.67. The monoisotopic (exact) mass is 555 g/mol. The van der Waals surface area contributed by atoms with Gasteiger partial charge >= 0.3 is 0 Å². The number of methoxy groups -OCH3 is 3. The van der Waals surface area contributed by atoms with Gasteiger partial charge in [-0.25, -0.2) is 9.37 Å². The Hall–Kier alpha value is -3.73. The molecule has 0 aliphatic heterocycles. The van der Waals surface area contributed by atoms with E-state index in [0.717, 1.165) is 21.4 Å². The van der Waals surface area contributed by atoms with E-state index in [1.54, 1.807) is 18.2 Å². The van der Waals surface area contributed by atoms with Gasteiger partial charge in [0.2, 0.25) is 10.9 Å². The molecule has 0 unspecified atom stereocenters. The molecule has 37 heavy (non-hydrogen) atoms. The van der Waals surface area contributed by atoms with Crippen LogP contribution in [0.3, 0.4) is 0 Å². The molecule has 188 valence electrons. The van der Waals surface area contributed by atoms with Gasteiger partial charge in [0.05, 0.1) is 42.8 Å². The van der Waals surface area contributed by atoms with Gasteiger partial charge in [0, 0.05) is 15.6 Å². The van der Waals surface area contributed by atoms with E-state index in [1.165, 1.54) is 56.0 Å². The highest BCUT2D eigenvalue weighted by Gasteiger charge is 2.26. The first-order chi connectivity index (χ1) is 17.9. The molecule has 0 radical (unpaired) electrons. The number of thiazole rings is 1. The third-order valence-electron chi connectivity index (χ3n) is 5.45. The van der Waals surface area contributed by atoms with Gasteiger partial charge < -0.3 is 14.2 Å². The van der Waals surface area contributed by atoms with Crippen molar-refractivity contribution in [2.75, 3.05) is 26.3 Å². The lowest BCUT2D eigenvalue weighted by Gasteiger charge is -2.14. The molecule has 0 aliphatic rings. The van der Waals surface area contributed by atoms with E-state index in [1.807, 2.05) is 24.3 Å². The molecule has 11 heteroatoms. The summed E-state index contributed by atoms with van der Waals surface area (Å²) < 4.78 is 31.5. The van der Waals surface area contributed by atoms with Crippen molar-refractivity contribution in [3.63, 3.8) is 0 Å². The minimum Gasteiger partial charge on any atom is -0.493 e. The Kier molecular flexibility index (Phi) is 6.96. The molecule has 1 amide bonds. The van der Waals surface area contributed by atoms with Crippen LogP contribution in [0.1, 0.15) is 15.2 Å². The van der Waals surface area contributed by atoms with Crippen molar-refractivity contribution in [3.8, 4) is 17.2 Å². The zero-order valence-electron chi connectivity index (χ0n) is 19.8. The van der Waals surface area contributed by atoms with Crippen LogP contribution in [0.5, 0.6) is 17.2 Å². The molecule has 7 nitrogen and oxygen atoms in total. The summed E-state index contributed by atoms with van der Waals surface area (Å²) in [6.07, 6.45) is 1.48. The fourth-order valence-electron chi connectivity index (χ4n) is 3.71. The summed E-state index contributed by atoms with van der Waals surface area (Å²) in [5, 5.41) is 7.03. The summed E-state index contributed by atoms with van der Waals surface area (Å²) in [4.78, 5) is 18.7. The lowest BCUT2D eigenvalue weighted by atomic mass is 10.2. The number of fused-ring (bicyclic) bond motifs is 2. The standard InChI is InChI=1S/C26H19ClFN3O4S2/c1-33-18-10-14(11-19(34-2)23(18)35-3)13-29-31(26-30-17-9-8-15(28)12-21(17)37-26)25(32)24-22(27)16-6-4-5-7-20(16)36-24/h4-13H,1-3H3/b29-13+. The lowest BCUT2D eigenvalue weighted by Crippen LogP contribution is -2.25. The first kappa shape index (κ1) is 24.9. The summed E-state index contributed by atoms with van der Waals surface area (Å²) in [5.41, 5.74) is 1.13. The number of ether oxygens (including phenoxy) is 3. The second-order valence-corrected chi connectivity index (χ2v) is 10.1. The average molecular weight is 556 g/mol. The number of nitrogens with zero attached hydrogens (tertiary/aromatic N) is 3. The average Bonchev–Trinajstić information content (AvgIpc) is 3.48. The van der Waals surface area contributed by atoms with Crippen LogP contribution in [0, 0.1) is 5.82 Å². The summed E-state index contributed by atoms with van der Waals surface area (Å²) >= 11 is 9.02. The number of thiophene rings is 1. The zero-order valence-corrected chi connectivity index (χ0v) is 22.2. The topological polar surface area (TPSA) is 73.2 Å². The molecule has 0 bridgehead atoms. The zero-order chi connectivity index (χ0) is 26.1. The first-order valence-corrected chi connectivity index (χ1v) is 12.9. The van der Waals surface area contributed by atoms with Gasteiger partial charge in [-0.2, -0.15) is 10.1 Å².